The molecule has 13 heavy (non-hydrogen) atoms. The van der Waals surface area contributed by atoms with Gasteiger partial charge >= 0.3 is 0 Å². The third-order valence-corrected chi connectivity index (χ3v) is 1.91. The highest BCUT2D eigenvalue weighted by Crippen LogP contribution is 2.22. The summed E-state index contributed by atoms with van der Waals surface area (Å²) in [6, 6.07) is 0.213. The van der Waals surface area contributed by atoms with Gasteiger partial charge in [-0.2, -0.15) is 0 Å². The first-order valence-corrected chi connectivity index (χ1v) is 4.66. The third-order valence-electron chi connectivity index (χ3n) is 1.91. The minimum atomic E-state index is -0.170. The summed E-state index contributed by atoms with van der Waals surface area (Å²) in [6.45, 7) is 6.10. The van der Waals surface area contributed by atoms with Crippen molar-refractivity contribution in [3.8, 4) is 0 Å². The molecule has 1 fully saturated rings. The van der Waals surface area contributed by atoms with E-state index in [9.17, 15) is 0 Å². The van der Waals surface area contributed by atoms with E-state index in [0.717, 1.165) is 12.8 Å². The maximum atomic E-state index is 9.03. The normalized spacial score (nSPS) is 29.7. The number of aliphatic hydroxyl groups is 1. The van der Waals surface area contributed by atoms with E-state index in [1.807, 2.05) is 20.8 Å². The van der Waals surface area contributed by atoms with E-state index in [1.54, 1.807) is 0 Å². The second-order valence-electron chi connectivity index (χ2n) is 4.67. The number of nitrogens with zero attached hydrogens (tertiary/aromatic N) is 1. The van der Waals surface area contributed by atoms with Gasteiger partial charge in [0, 0.05) is 5.54 Å². The van der Waals surface area contributed by atoms with Crippen molar-refractivity contribution in [2.75, 3.05) is 0 Å². The molecule has 0 spiro atoms. The second kappa shape index (κ2) is 3.54. The smallest absolute Gasteiger partial charge is 0.189 e. The van der Waals surface area contributed by atoms with E-state index in [2.05, 4.69) is 10.3 Å². The van der Waals surface area contributed by atoms with Gasteiger partial charge < -0.3 is 16.2 Å². The summed E-state index contributed by atoms with van der Waals surface area (Å²) in [5.41, 5.74) is 5.63. The van der Waals surface area contributed by atoms with E-state index < -0.39 is 0 Å². The van der Waals surface area contributed by atoms with Gasteiger partial charge in [0.2, 0.25) is 0 Å². The second-order valence-corrected chi connectivity index (χ2v) is 4.67. The maximum Gasteiger partial charge on any atom is 0.189 e. The molecule has 76 valence electrons. The molecule has 4 heteroatoms. The average Bonchev–Trinajstić information content (AvgIpc) is 1.79. The molecule has 0 unspecified atom stereocenters. The van der Waals surface area contributed by atoms with Gasteiger partial charge in [-0.05, 0) is 33.6 Å². The molecule has 1 aliphatic carbocycles. The van der Waals surface area contributed by atoms with Crippen LogP contribution in [0.1, 0.15) is 33.6 Å². The number of nitrogens with two attached hydrogens (primary N) is 1. The standard InChI is InChI=1S/C9H19N3O/c1-9(2,3)12-8(10)11-6-4-7(13)5-6/h6-7,13H,4-5H2,1-3H3,(H3,10,11,12). The van der Waals surface area contributed by atoms with Crippen LogP contribution in [0.2, 0.25) is 0 Å². The Morgan fingerprint density at radius 1 is 1.46 bits per heavy atom. The van der Waals surface area contributed by atoms with Gasteiger partial charge in [0.1, 0.15) is 0 Å². The zero-order valence-electron chi connectivity index (χ0n) is 8.54. The minimum absolute atomic E-state index is 0.0457. The van der Waals surface area contributed by atoms with Gasteiger partial charge in [0.15, 0.2) is 5.96 Å². The number of hydrogen-bond donors (Lipinski definition) is 3. The van der Waals surface area contributed by atoms with E-state index in [0.29, 0.717) is 5.96 Å². The number of guanidine groups is 1. The zero-order valence-corrected chi connectivity index (χ0v) is 8.54. The molecule has 0 aliphatic heterocycles. The van der Waals surface area contributed by atoms with Crippen LogP contribution in [0.3, 0.4) is 0 Å². The summed E-state index contributed by atoms with van der Waals surface area (Å²) in [7, 11) is 0. The lowest BCUT2D eigenvalue weighted by Gasteiger charge is -2.29. The van der Waals surface area contributed by atoms with Crippen molar-refractivity contribution in [3.05, 3.63) is 0 Å². The predicted octanol–water partition coefficient (Wildman–Crippen LogP) is 0.212. The van der Waals surface area contributed by atoms with Crippen LogP contribution in [0.4, 0.5) is 0 Å². The molecule has 0 aromatic carbocycles. The van der Waals surface area contributed by atoms with E-state index >= 15 is 0 Å². The van der Waals surface area contributed by atoms with Crippen molar-refractivity contribution >= 4 is 5.96 Å². The summed E-state index contributed by atoms with van der Waals surface area (Å²) in [5.74, 6) is 0.476. The Bertz CT molecular complexity index is 201. The Morgan fingerprint density at radius 2 is 2.00 bits per heavy atom. The Morgan fingerprint density at radius 3 is 2.38 bits per heavy atom. The first-order chi connectivity index (χ1) is 5.87. The Hall–Kier alpha value is -0.770. The zero-order chi connectivity index (χ0) is 10.1. The molecule has 0 amide bonds. The van der Waals surface area contributed by atoms with Crippen molar-refractivity contribution in [3.63, 3.8) is 0 Å². The van der Waals surface area contributed by atoms with Crippen LogP contribution >= 0.6 is 0 Å². The van der Waals surface area contributed by atoms with E-state index in [-0.39, 0.29) is 17.7 Å². The molecule has 0 bridgehead atoms. The summed E-state index contributed by atoms with van der Waals surface area (Å²) in [4.78, 5) is 4.24. The lowest BCUT2D eigenvalue weighted by atomic mass is 9.90. The van der Waals surface area contributed by atoms with Crippen LogP contribution in [-0.2, 0) is 0 Å². The fraction of sp³-hybridized carbons (Fsp3) is 0.889. The Kier molecular flexibility index (Phi) is 2.81. The number of rotatable bonds is 1. The van der Waals surface area contributed by atoms with Crippen LogP contribution in [0, 0.1) is 0 Å². The van der Waals surface area contributed by atoms with Gasteiger partial charge in [-0.3, -0.25) is 0 Å². The molecule has 1 rings (SSSR count). The van der Waals surface area contributed by atoms with Crippen LogP contribution in [-0.4, -0.2) is 28.8 Å². The van der Waals surface area contributed by atoms with Crippen LogP contribution < -0.4 is 11.1 Å². The van der Waals surface area contributed by atoms with Crippen molar-refractivity contribution in [2.24, 2.45) is 10.7 Å². The lowest BCUT2D eigenvalue weighted by molar-refractivity contribution is 0.0776. The maximum absolute atomic E-state index is 9.03. The van der Waals surface area contributed by atoms with Crippen molar-refractivity contribution in [2.45, 2.75) is 51.3 Å². The Labute approximate surface area is 79.2 Å². The largest absolute Gasteiger partial charge is 0.393 e. The van der Waals surface area contributed by atoms with Crippen LogP contribution in [0.5, 0.6) is 0 Å². The molecule has 0 aromatic heterocycles. The van der Waals surface area contributed by atoms with Gasteiger partial charge in [0.05, 0.1) is 12.1 Å². The topological polar surface area (TPSA) is 70.6 Å². The quantitative estimate of drug-likeness (QED) is 0.404. The highest BCUT2D eigenvalue weighted by atomic mass is 16.3. The number of nitrogens with one attached hydrogen (secondary N) is 1. The average molecular weight is 185 g/mol. The van der Waals surface area contributed by atoms with Gasteiger partial charge in [-0.15, -0.1) is 0 Å². The molecular weight excluding hydrogens is 166 g/mol. The molecule has 0 saturated heterocycles. The first-order valence-electron chi connectivity index (χ1n) is 4.66. The lowest BCUT2D eigenvalue weighted by Crippen LogP contribution is -2.46. The number of hydrogen-bond acceptors (Lipinski definition) is 2. The molecule has 4 N–H and O–H groups in total. The van der Waals surface area contributed by atoms with Crippen LogP contribution in [0.15, 0.2) is 4.99 Å². The van der Waals surface area contributed by atoms with Gasteiger partial charge in [0.25, 0.3) is 0 Å². The molecular formula is C9H19N3O. The highest BCUT2D eigenvalue weighted by molar-refractivity contribution is 5.78. The highest BCUT2D eigenvalue weighted by Gasteiger charge is 2.27. The van der Waals surface area contributed by atoms with Crippen LogP contribution in [0.25, 0.3) is 0 Å². The molecule has 0 heterocycles. The molecule has 0 aromatic rings. The van der Waals surface area contributed by atoms with E-state index in [4.69, 9.17) is 10.8 Å². The molecule has 1 saturated carbocycles. The third kappa shape index (κ3) is 3.63. The number of aliphatic hydroxyl groups excluding tert-OH is 1. The van der Waals surface area contributed by atoms with Crippen molar-refractivity contribution < 1.29 is 5.11 Å². The predicted molar refractivity (Wildman–Crippen MR) is 53.5 cm³/mol. The monoisotopic (exact) mass is 185 g/mol. The first kappa shape index (κ1) is 10.3. The van der Waals surface area contributed by atoms with Gasteiger partial charge in [-0.25, -0.2) is 4.99 Å². The molecule has 0 atom stereocenters. The summed E-state index contributed by atoms with van der Waals surface area (Å²) in [5, 5.41) is 12.1. The van der Waals surface area contributed by atoms with E-state index in [1.165, 1.54) is 0 Å². The minimum Gasteiger partial charge on any atom is -0.393 e. The fourth-order valence-electron chi connectivity index (χ4n) is 1.28. The molecule has 1 aliphatic rings. The molecule has 4 nitrogen and oxygen atoms in total. The van der Waals surface area contributed by atoms with Crippen molar-refractivity contribution in [1.29, 1.82) is 0 Å². The van der Waals surface area contributed by atoms with Gasteiger partial charge in [-0.1, -0.05) is 0 Å². The summed E-state index contributed by atoms with van der Waals surface area (Å²) in [6.07, 6.45) is 1.31. The fourth-order valence-corrected chi connectivity index (χ4v) is 1.28. The Balaban J connectivity index is 2.35. The number of aliphatic imine (C=N–C) groups is 1. The summed E-state index contributed by atoms with van der Waals surface area (Å²) >= 11 is 0. The SMILES string of the molecule is CC(C)(C)NC(N)=NC1CC(O)C1. The molecule has 0 radical (unpaired) electrons. The summed E-state index contributed by atoms with van der Waals surface area (Å²) < 4.78 is 0. The van der Waals surface area contributed by atoms with Crippen molar-refractivity contribution in [1.82, 2.24) is 5.32 Å².